The summed E-state index contributed by atoms with van der Waals surface area (Å²) in [6.07, 6.45) is 2.70. The molecule has 0 bridgehead atoms. The molecule has 0 saturated carbocycles. The molecule has 2 amide bonds. The Morgan fingerprint density at radius 2 is 1.86 bits per heavy atom. The van der Waals surface area contributed by atoms with Crippen LogP contribution in [0.3, 0.4) is 0 Å². The number of nitrogens with one attached hydrogen (secondary N) is 1. The fraction of sp³-hybridized carbons (Fsp3) is 0.471. The summed E-state index contributed by atoms with van der Waals surface area (Å²) < 4.78 is 21.7. The topological polar surface area (TPSA) is 108 Å². The lowest BCUT2D eigenvalue weighted by molar-refractivity contribution is -0.128. The molecule has 2 saturated heterocycles. The van der Waals surface area contributed by atoms with Crippen LogP contribution in [0.4, 0.5) is 4.39 Å². The number of nitrogens with zero attached hydrogens (tertiary/aromatic N) is 4. The molecule has 1 atom stereocenters. The van der Waals surface area contributed by atoms with E-state index in [0.29, 0.717) is 35.9 Å². The normalized spacial score (nSPS) is 17.8. The van der Waals surface area contributed by atoms with Gasteiger partial charge in [0.25, 0.3) is 5.91 Å². The lowest BCUT2D eigenvalue weighted by Gasteiger charge is -2.32. The second-order valence-corrected chi connectivity index (χ2v) is 12.3. The number of hydrogen-bond acceptors (Lipinski definition) is 7. The number of likely N-dealkylation sites (tertiary alicyclic amines) is 2. The van der Waals surface area contributed by atoms with Crippen LogP contribution in [-0.2, 0) is 11.3 Å². The Morgan fingerprint density at radius 1 is 1.11 bits per heavy atom. The molecule has 2 N–H and O–H groups in total. The Hall–Kier alpha value is -3.89. The number of aliphatic hydroxyl groups excluding tert-OH is 1. The molecule has 0 spiro atoms. The van der Waals surface area contributed by atoms with E-state index in [4.69, 9.17) is 9.84 Å². The number of hydrogen-bond donors (Lipinski definition) is 2. The molecular weight excluding hydrogens is 561 g/mol. The first-order chi connectivity index (χ1) is 21.2. The average Bonchev–Trinajstić information content (AvgIpc) is 3.34. The predicted octanol–water partition coefficient (Wildman–Crippen LogP) is 5.14. The summed E-state index contributed by atoms with van der Waals surface area (Å²) in [7, 11) is 0. The third-order valence-electron chi connectivity index (χ3n) is 8.37. The Balaban J connectivity index is 1.34. The van der Waals surface area contributed by atoms with Gasteiger partial charge in [-0.05, 0) is 79.6 Å². The van der Waals surface area contributed by atoms with Crippen LogP contribution in [-0.4, -0.2) is 75.7 Å². The molecule has 2 aliphatic heterocycles. The van der Waals surface area contributed by atoms with Crippen molar-refractivity contribution in [3.8, 4) is 22.8 Å². The number of aliphatic hydroxyl groups is 1. The third kappa shape index (κ3) is 7.78. The van der Waals surface area contributed by atoms with Crippen molar-refractivity contribution in [1.29, 1.82) is 0 Å². The van der Waals surface area contributed by atoms with Crippen molar-refractivity contribution >= 4 is 11.8 Å². The van der Waals surface area contributed by atoms with E-state index in [1.807, 2.05) is 31.2 Å². The molecule has 5 rings (SSSR count). The highest BCUT2D eigenvalue weighted by molar-refractivity contribution is 5.95. The quantitative estimate of drug-likeness (QED) is 0.312. The first-order valence-corrected chi connectivity index (χ1v) is 15.6. The largest absolute Gasteiger partial charge is 0.457 e. The highest BCUT2D eigenvalue weighted by atomic mass is 19.1. The van der Waals surface area contributed by atoms with Gasteiger partial charge in [-0.3, -0.25) is 9.59 Å². The van der Waals surface area contributed by atoms with Crippen molar-refractivity contribution in [3.05, 3.63) is 71.2 Å². The van der Waals surface area contributed by atoms with E-state index < -0.39 is 11.7 Å². The molecule has 234 valence electrons. The number of rotatable bonds is 11. The van der Waals surface area contributed by atoms with Crippen molar-refractivity contribution in [2.24, 2.45) is 5.92 Å². The summed E-state index contributed by atoms with van der Waals surface area (Å²) in [5.41, 5.74) is 2.94. The number of piperidine rings is 1. The van der Waals surface area contributed by atoms with E-state index in [9.17, 15) is 9.59 Å². The lowest BCUT2D eigenvalue weighted by atomic mass is 10.0. The molecule has 3 aromatic rings. The molecule has 2 fully saturated rings. The van der Waals surface area contributed by atoms with Crippen LogP contribution in [0.15, 0.2) is 48.5 Å². The molecule has 1 unspecified atom stereocenters. The maximum atomic E-state index is 15.5. The number of benzene rings is 2. The minimum Gasteiger partial charge on any atom is -0.457 e. The van der Waals surface area contributed by atoms with E-state index in [0.717, 1.165) is 55.8 Å². The maximum absolute atomic E-state index is 15.5. The molecule has 9 nitrogen and oxygen atoms in total. The van der Waals surface area contributed by atoms with Gasteiger partial charge in [0, 0.05) is 62.9 Å². The molecule has 2 aliphatic rings. The number of aromatic nitrogens is 2. The van der Waals surface area contributed by atoms with Gasteiger partial charge in [-0.1, -0.05) is 20.8 Å². The smallest absolute Gasteiger partial charge is 0.254 e. The van der Waals surface area contributed by atoms with Crippen molar-refractivity contribution in [1.82, 2.24) is 25.3 Å². The Bertz CT molecular complexity index is 1440. The molecule has 44 heavy (non-hydrogen) atoms. The molecule has 10 heteroatoms. The number of ether oxygens (including phenoxy) is 1. The van der Waals surface area contributed by atoms with E-state index in [-0.39, 0.29) is 36.6 Å². The van der Waals surface area contributed by atoms with Crippen molar-refractivity contribution in [3.63, 3.8) is 0 Å². The number of halogens is 1. The van der Waals surface area contributed by atoms with Crippen molar-refractivity contribution in [2.75, 3.05) is 32.8 Å². The zero-order valence-electron chi connectivity index (χ0n) is 25.8. The van der Waals surface area contributed by atoms with Gasteiger partial charge >= 0.3 is 0 Å². The van der Waals surface area contributed by atoms with Gasteiger partial charge in [-0.25, -0.2) is 4.39 Å². The fourth-order valence-corrected chi connectivity index (χ4v) is 5.80. The van der Waals surface area contributed by atoms with Crippen molar-refractivity contribution in [2.45, 2.75) is 65.0 Å². The summed E-state index contributed by atoms with van der Waals surface area (Å²) >= 11 is 0. The monoisotopic (exact) mass is 603 g/mol. The highest BCUT2D eigenvalue weighted by Crippen LogP contribution is 2.32. The summed E-state index contributed by atoms with van der Waals surface area (Å²) in [6, 6.07) is 14.0. The summed E-state index contributed by atoms with van der Waals surface area (Å²) in [6.45, 7) is 9.54. The van der Waals surface area contributed by atoms with Gasteiger partial charge < -0.3 is 25.0 Å². The fourth-order valence-electron chi connectivity index (χ4n) is 5.80. The van der Waals surface area contributed by atoms with Crippen molar-refractivity contribution < 1.29 is 23.8 Å². The number of amides is 2. The summed E-state index contributed by atoms with van der Waals surface area (Å²) in [5, 5.41) is 20.7. The van der Waals surface area contributed by atoms with Gasteiger partial charge in [0.05, 0.1) is 17.0 Å². The molecular formula is C34H42FN5O4. The van der Waals surface area contributed by atoms with Gasteiger partial charge in [-0.15, -0.1) is 0 Å². The van der Waals surface area contributed by atoms with Crippen LogP contribution in [0.1, 0.15) is 74.0 Å². The van der Waals surface area contributed by atoms with Crippen LogP contribution in [0.2, 0.25) is 0 Å². The second kappa shape index (κ2) is 14.3. The first kappa shape index (κ1) is 31.5. The van der Waals surface area contributed by atoms with Gasteiger partial charge in [0.2, 0.25) is 5.91 Å². The summed E-state index contributed by atoms with van der Waals surface area (Å²) in [4.78, 5) is 29.8. The minimum atomic E-state index is -0.649. The highest BCUT2D eigenvalue weighted by Gasteiger charge is 2.29. The Kier molecular flexibility index (Phi) is 10.2. The minimum absolute atomic E-state index is 0.0185. The van der Waals surface area contributed by atoms with Crippen LogP contribution in [0.5, 0.6) is 11.5 Å². The Morgan fingerprint density at radius 3 is 2.48 bits per heavy atom. The number of carbonyl (C=O) groups is 2. The average molecular weight is 604 g/mol. The molecule has 0 aliphatic carbocycles. The lowest BCUT2D eigenvalue weighted by Crippen LogP contribution is -2.45. The zero-order valence-corrected chi connectivity index (χ0v) is 25.8. The standard InChI is InChI=1S/C34H42FN5O4/c1-22(2)30-9-10-31(38-37-30)24-5-7-27(8-6-24)44-32-19-28(29(35)18-25(32)21-40-20-23(3)17-33(40)42)34(43)36-26-11-14-39(15-12-26)13-4-16-41/h5-10,18-19,22-23,26,41H,4,11-17,20-21H2,1-3H3,(H,36,43). The predicted molar refractivity (Wildman–Crippen MR) is 166 cm³/mol. The van der Waals surface area contributed by atoms with E-state index in [1.54, 1.807) is 17.0 Å². The van der Waals surface area contributed by atoms with Crippen LogP contribution < -0.4 is 10.1 Å². The molecule has 2 aromatic carbocycles. The first-order valence-electron chi connectivity index (χ1n) is 15.6. The van der Waals surface area contributed by atoms with Crippen LogP contribution >= 0.6 is 0 Å². The van der Waals surface area contributed by atoms with Gasteiger partial charge in [0.15, 0.2) is 0 Å². The van der Waals surface area contributed by atoms with Crippen LogP contribution in [0, 0.1) is 11.7 Å². The SMILES string of the molecule is CC1CC(=O)N(Cc2cc(F)c(C(=O)NC3CCN(CCCO)CC3)cc2Oc2ccc(-c3ccc(C(C)C)nn3)cc2)C1. The maximum Gasteiger partial charge on any atom is 0.254 e. The molecule has 0 radical (unpaired) electrons. The summed E-state index contributed by atoms with van der Waals surface area (Å²) in [5.74, 6) is 0.236. The Labute approximate surface area is 258 Å². The molecule has 1 aromatic heterocycles. The zero-order chi connectivity index (χ0) is 31.2. The van der Waals surface area contributed by atoms with Gasteiger partial charge in [0.1, 0.15) is 17.3 Å². The molecule has 3 heterocycles. The van der Waals surface area contributed by atoms with Gasteiger partial charge in [-0.2, -0.15) is 10.2 Å². The second-order valence-electron chi connectivity index (χ2n) is 12.3. The number of carbonyl (C=O) groups excluding carboxylic acids is 2. The third-order valence-corrected chi connectivity index (χ3v) is 8.37. The van der Waals surface area contributed by atoms with E-state index in [2.05, 4.69) is 34.3 Å². The van der Waals surface area contributed by atoms with Crippen LogP contribution in [0.25, 0.3) is 11.3 Å². The van der Waals surface area contributed by atoms with E-state index in [1.165, 1.54) is 12.1 Å². The van der Waals surface area contributed by atoms with E-state index >= 15 is 4.39 Å².